The molecule has 0 saturated carbocycles. The summed E-state index contributed by atoms with van der Waals surface area (Å²) in [4.78, 5) is 27.7. The molecule has 8 heteroatoms. The van der Waals surface area contributed by atoms with Crippen molar-refractivity contribution in [2.24, 2.45) is 0 Å². The van der Waals surface area contributed by atoms with E-state index in [0.29, 0.717) is 38.8 Å². The summed E-state index contributed by atoms with van der Waals surface area (Å²) in [7, 11) is 0. The minimum absolute atomic E-state index is 0.0270. The lowest BCUT2D eigenvalue weighted by molar-refractivity contribution is -0.385. The fraction of sp³-hybridized carbons (Fsp3) is 0.0909. The number of nitro benzene ring substituents is 1. The van der Waals surface area contributed by atoms with Crippen LogP contribution in [0.25, 0.3) is 22.6 Å². The maximum Gasteiger partial charge on any atom is 0.272 e. The van der Waals surface area contributed by atoms with Crippen molar-refractivity contribution in [2.75, 3.05) is 5.32 Å². The first kappa shape index (κ1) is 19.6. The van der Waals surface area contributed by atoms with E-state index in [0.717, 1.165) is 11.1 Å². The number of anilines is 1. The van der Waals surface area contributed by atoms with Gasteiger partial charge in [0.25, 0.3) is 11.6 Å². The molecule has 0 atom stereocenters. The standard InChI is InChI=1S/C22H16ClN3O4/c1-12-10-14(6-8-19(12)26(28)29)21(27)24-17-5-3-4-16(13(17)2)22-25-18-11-15(23)7-9-20(18)30-22/h3-11H,1-2H3,(H,24,27). The van der Waals surface area contributed by atoms with Gasteiger partial charge in [0.05, 0.1) is 4.92 Å². The quantitative estimate of drug-likeness (QED) is 0.325. The predicted octanol–water partition coefficient (Wildman–Crippen LogP) is 5.93. The van der Waals surface area contributed by atoms with E-state index in [2.05, 4.69) is 10.3 Å². The van der Waals surface area contributed by atoms with Gasteiger partial charge in [-0.25, -0.2) is 4.98 Å². The van der Waals surface area contributed by atoms with E-state index in [1.54, 1.807) is 37.3 Å². The van der Waals surface area contributed by atoms with Gasteiger partial charge in [-0.15, -0.1) is 0 Å². The Labute approximate surface area is 176 Å². The maximum atomic E-state index is 12.7. The van der Waals surface area contributed by atoms with E-state index in [9.17, 15) is 14.9 Å². The smallest absolute Gasteiger partial charge is 0.272 e. The fourth-order valence-electron chi connectivity index (χ4n) is 3.21. The Bertz CT molecular complexity index is 1310. The molecule has 4 aromatic rings. The minimum atomic E-state index is -0.474. The zero-order valence-electron chi connectivity index (χ0n) is 16.1. The number of benzene rings is 3. The van der Waals surface area contributed by atoms with E-state index in [1.807, 2.05) is 13.0 Å². The van der Waals surface area contributed by atoms with Crippen LogP contribution in [0.3, 0.4) is 0 Å². The molecule has 7 nitrogen and oxygen atoms in total. The summed E-state index contributed by atoms with van der Waals surface area (Å²) in [6.45, 7) is 3.45. The first-order valence-corrected chi connectivity index (χ1v) is 9.44. The van der Waals surface area contributed by atoms with Gasteiger partial charge in [-0.05, 0) is 61.9 Å². The highest BCUT2D eigenvalue weighted by molar-refractivity contribution is 6.31. The fourth-order valence-corrected chi connectivity index (χ4v) is 3.38. The molecule has 1 N–H and O–H groups in total. The van der Waals surface area contributed by atoms with Gasteiger partial charge in [0.15, 0.2) is 5.58 Å². The number of nitrogens with one attached hydrogen (secondary N) is 1. The molecule has 0 bridgehead atoms. The third-order valence-corrected chi connectivity index (χ3v) is 5.05. The molecule has 150 valence electrons. The zero-order valence-corrected chi connectivity index (χ0v) is 16.9. The Hall–Kier alpha value is -3.71. The molecule has 3 aromatic carbocycles. The minimum Gasteiger partial charge on any atom is -0.436 e. The van der Waals surface area contributed by atoms with Crippen molar-refractivity contribution in [1.82, 2.24) is 4.98 Å². The molecular formula is C22H16ClN3O4. The van der Waals surface area contributed by atoms with Crippen LogP contribution in [-0.2, 0) is 0 Å². The van der Waals surface area contributed by atoms with Crippen LogP contribution in [0.1, 0.15) is 21.5 Å². The van der Waals surface area contributed by atoms with Crippen molar-refractivity contribution in [3.8, 4) is 11.5 Å². The lowest BCUT2D eigenvalue weighted by atomic mass is 10.1. The van der Waals surface area contributed by atoms with E-state index in [1.165, 1.54) is 18.2 Å². The van der Waals surface area contributed by atoms with Crippen LogP contribution in [0.5, 0.6) is 0 Å². The number of nitrogens with zero attached hydrogens (tertiary/aromatic N) is 2. The van der Waals surface area contributed by atoms with Gasteiger partial charge in [0.1, 0.15) is 5.52 Å². The average molecular weight is 422 g/mol. The summed E-state index contributed by atoms with van der Waals surface area (Å²) in [5, 5.41) is 14.4. The number of nitro groups is 1. The molecule has 1 aromatic heterocycles. The number of fused-ring (bicyclic) bond motifs is 1. The molecule has 0 aliphatic carbocycles. The Morgan fingerprint density at radius 2 is 1.93 bits per heavy atom. The molecule has 0 unspecified atom stereocenters. The number of hydrogen-bond donors (Lipinski definition) is 1. The van der Waals surface area contributed by atoms with Crippen LogP contribution >= 0.6 is 11.6 Å². The van der Waals surface area contributed by atoms with E-state index in [-0.39, 0.29) is 11.6 Å². The summed E-state index contributed by atoms with van der Waals surface area (Å²) >= 11 is 6.02. The molecule has 0 fully saturated rings. The van der Waals surface area contributed by atoms with Gasteiger partial charge in [-0.3, -0.25) is 14.9 Å². The first-order valence-electron chi connectivity index (χ1n) is 9.06. The molecule has 0 aliphatic heterocycles. The van der Waals surface area contributed by atoms with Gasteiger partial charge in [0, 0.05) is 33.5 Å². The molecule has 4 rings (SSSR count). The van der Waals surface area contributed by atoms with Gasteiger partial charge >= 0.3 is 0 Å². The number of halogens is 1. The first-order chi connectivity index (χ1) is 14.3. The number of hydrogen-bond acceptors (Lipinski definition) is 5. The Balaban J connectivity index is 1.65. The van der Waals surface area contributed by atoms with Crippen molar-refractivity contribution in [3.05, 3.63) is 86.4 Å². The maximum absolute atomic E-state index is 12.7. The second kappa shape index (κ2) is 7.61. The number of carbonyl (C=O) groups is 1. The summed E-state index contributed by atoms with van der Waals surface area (Å²) in [5.41, 5.74) is 4.09. The highest BCUT2D eigenvalue weighted by Crippen LogP contribution is 2.31. The monoisotopic (exact) mass is 421 g/mol. The molecule has 1 heterocycles. The molecule has 0 radical (unpaired) electrons. The zero-order chi connectivity index (χ0) is 21.4. The van der Waals surface area contributed by atoms with Crippen LogP contribution in [0.15, 0.2) is 59.0 Å². The van der Waals surface area contributed by atoms with Crippen LogP contribution in [0, 0.1) is 24.0 Å². The van der Waals surface area contributed by atoms with Gasteiger partial charge in [0.2, 0.25) is 5.89 Å². The van der Waals surface area contributed by atoms with Crippen molar-refractivity contribution >= 4 is 40.0 Å². The van der Waals surface area contributed by atoms with E-state index < -0.39 is 4.92 Å². The molecular weight excluding hydrogens is 406 g/mol. The van der Waals surface area contributed by atoms with Crippen molar-refractivity contribution < 1.29 is 14.1 Å². The van der Waals surface area contributed by atoms with E-state index >= 15 is 0 Å². The largest absolute Gasteiger partial charge is 0.436 e. The second-order valence-corrected chi connectivity index (χ2v) is 7.26. The summed E-state index contributed by atoms with van der Waals surface area (Å²) in [6, 6.07) is 14.9. The Morgan fingerprint density at radius 3 is 2.67 bits per heavy atom. The summed E-state index contributed by atoms with van der Waals surface area (Å²) in [5.74, 6) is 0.0599. The van der Waals surface area contributed by atoms with Gasteiger partial charge < -0.3 is 9.73 Å². The normalized spacial score (nSPS) is 10.9. The molecule has 30 heavy (non-hydrogen) atoms. The lowest BCUT2D eigenvalue weighted by Gasteiger charge is -2.11. The molecule has 1 amide bonds. The molecule has 0 spiro atoms. The Morgan fingerprint density at radius 1 is 1.13 bits per heavy atom. The number of aromatic nitrogens is 1. The highest BCUT2D eigenvalue weighted by Gasteiger charge is 2.17. The lowest BCUT2D eigenvalue weighted by Crippen LogP contribution is -2.13. The van der Waals surface area contributed by atoms with Crippen LogP contribution < -0.4 is 5.32 Å². The average Bonchev–Trinajstić information content (AvgIpc) is 3.12. The van der Waals surface area contributed by atoms with Crippen molar-refractivity contribution in [3.63, 3.8) is 0 Å². The van der Waals surface area contributed by atoms with Crippen LogP contribution in [-0.4, -0.2) is 15.8 Å². The number of oxazole rings is 1. The third-order valence-electron chi connectivity index (χ3n) is 4.82. The third kappa shape index (κ3) is 3.62. The number of carbonyl (C=O) groups excluding carboxylic acids is 1. The molecule has 0 aliphatic rings. The van der Waals surface area contributed by atoms with Crippen molar-refractivity contribution in [1.29, 1.82) is 0 Å². The SMILES string of the molecule is Cc1cc(C(=O)Nc2cccc(-c3nc4cc(Cl)ccc4o3)c2C)ccc1[N+](=O)[O-]. The topological polar surface area (TPSA) is 98.3 Å². The summed E-state index contributed by atoms with van der Waals surface area (Å²) < 4.78 is 5.84. The highest BCUT2D eigenvalue weighted by atomic mass is 35.5. The van der Waals surface area contributed by atoms with Crippen LogP contribution in [0.4, 0.5) is 11.4 Å². The number of amides is 1. The van der Waals surface area contributed by atoms with Gasteiger partial charge in [-0.1, -0.05) is 17.7 Å². The second-order valence-electron chi connectivity index (χ2n) is 6.82. The number of aryl methyl sites for hydroxylation is 1. The number of rotatable bonds is 4. The molecule has 0 saturated heterocycles. The van der Waals surface area contributed by atoms with Crippen LogP contribution in [0.2, 0.25) is 5.02 Å². The van der Waals surface area contributed by atoms with E-state index in [4.69, 9.17) is 16.0 Å². The predicted molar refractivity (Wildman–Crippen MR) is 115 cm³/mol. The van der Waals surface area contributed by atoms with Gasteiger partial charge in [-0.2, -0.15) is 0 Å². The Kier molecular flexibility index (Phi) is 4.97. The van der Waals surface area contributed by atoms with Crippen molar-refractivity contribution in [2.45, 2.75) is 13.8 Å². The summed E-state index contributed by atoms with van der Waals surface area (Å²) in [6.07, 6.45) is 0.